The van der Waals surface area contributed by atoms with Crippen molar-refractivity contribution in [2.24, 2.45) is 0 Å². The molecule has 0 bridgehead atoms. The first kappa shape index (κ1) is 16.3. The lowest BCUT2D eigenvalue weighted by Crippen LogP contribution is -2.36. The number of nitrogens with one attached hydrogen (secondary N) is 1. The molecule has 132 valence electrons. The van der Waals surface area contributed by atoms with Crippen LogP contribution in [0.25, 0.3) is 11.4 Å². The van der Waals surface area contributed by atoms with E-state index in [0.717, 1.165) is 29.0 Å². The van der Waals surface area contributed by atoms with Crippen LogP contribution in [0.15, 0.2) is 48.9 Å². The Labute approximate surface area is 151 Å². The van der Waals surface area contributed by atoms with Crippen molar-refractivity contribution in [1.82, 2.24) is 25.1 Å². The van der Waals surface area contributed by atoms with Gasteiger partial charge in [0.2, 0.25) is 5.91 Å². The van der Waals surface area contributed by atoms with Gasteiger partial charge in [0.1, 0.15) is 18.4 Å². The number of ether oxygens (including phenoxy) is 1. The molecule has 2 aromatic heterocycles. The van der Waals surface area contributed by atoms with Gasteiger partial charge in [0.15, 0.2) is 5.82 Å². The maximum Gasteiger partial charge on any atom is 0.241 e. The van der Waals surface area contributed by atoms with Crippen molar-refractivity contribution in [2.45, 2.75) is 26.0 Å². The summed E-state index contributed by atoms with van der Waals surface area (Å²) in [5, 5.41) is 7.14. The minimum Gasteiger partial charge on any atom is -0.487 e. The fourth-order valence-electron chi connectivity index (χ4n) is 3.05. The molecule has 1 amide bonds. The van der Waals surface area contributed by atoms with Crippen LogP contribution in [-0.4, -0.2) is 38.3 Å². The summed E-state index contributed by atoms with van der Waals surface area (Å²) in [6.45, 7) is 2.55. The fourth-order valence-corrected chi connectivity index (χ4v) is 3.05. The molecule has 0 aliphatic carbocycles. The van der Waals surface area contributed by atoms with Crippen LogP contribution < -0.4 is 10.1 Å². The molecule has 1 aliphatic heterocycles. The average Bonchev–Trinajstić information content (AvgIpc) is 3.26. The monoisotopic (exact) mass is 349 g/mol. The molecule has 0 fully saturated rings. The maximum atomic E-state index is 12.1. The van der Waals surface area contributed by atoms with E-state index in [4.69, 9.17) is 4.74 Å². The second kappa shape index (κ2) is 6.95. The van der Waals surface area contributed by atoms with Crippen LogP contribution >= 0.6 is 0 Å². The molecular formula is C19H19N5O2. The highest BCUT2D eigenvalue weighted by Crippen LogP contribution is 2.37. The zero-order chi connectivity index (χ0) is 17.9. The van der Waals surface area contributed by atoms with Crippen molar-refractivity contribution in [3.05, 3.63) is 60.2 Å². The number of aryl methyl sites for hydroxylation is 1. The second-order valence-corrected chi connectivity index (χ2v) is 6.27. The molecule has 0 radical (unpaired) electrons. The minimum absolute atomic E-state index is 0.0840. The van der Waals surface area contributed by atoms with Crippen molar-refractivity contribution < 1.29 is 9.53 Å². The average molecular weight is 349 g/mol. The molecule has 3 aromatic rings. The van der Waals surface area contributed by atoms with Crippen LogP contribution in [0.2, 0.25) is 0 Å². The Hall–Kier alpha value is -3.22. The molecule has 26 heavy (non-hydrogen) atoms. The Morgan fingerprint density at radius 2 is 2.12 bits per heavy atom. The summed E-state index contributed by atoms with van der Waals surface area (Å²) in [7, 11) is 0. The zero-order valence-electron chi connectivity index (χ0n) is 14.4. The number of hydrogen-bond acceptors (Lipinski definition) is 5. The summed E-state index contributed by atoms with van der Waals surface area (Å²) < 4.78 is 7.70. The Balaban J connectivity index is 1.39. The molecule has 1 atom stereocenters. The van der Waals surface area contributed by atoms with Gasteiger partial charge in [-0.25, -0.2) is 9.97 Å². The van der Waals surface area contributed by atoms with Gasteiger partial charge in [0.05, 0.1) is 17.8 Å². The molecule has 1 N–H and O–H groups in total. The first-order valence-electron chi connectivity index (χ1n) is 8.52. The van der Waals surface area contributed by atoms with Crippen molar-refractivity contribution in [3.63, 3.8) is 0 Å². The first-order chi connectivity index (χ1) is 12.7. The van der Waals surface area contributed by atoms with Crippen molar-refractivity contribution in [1.29, 1.82) is 0 Å². The largest absolute Gasteiger partial charge is 0.487 e. The summed E-state index contributed by atoms with van der Waals surface area (Å²) in [6, 6.07) is 9.63. The van der Waals surface area contributed by atoms with Crippen LogP contribution in [0, 0.1) is 6.92 Å². The van der Waals surface area contributed by atoms with Crippen LogP contribution in [0.1, 0.15) is 11.3 Å². The third kappa shape index (κ3) is 3.42. The van der Waals surface area contributed by atoms with Crippen molar-refractivity contribution in [2.75, 3.05) is 6.54 Å². The number of rotatable bonds is 5. The van der Waals surface area contributed by atoms with Crippen LogP contribution in [0.3, 0.4) is 0 Å². The number of fused-ring (bicyclic) bond motifs is 1. The highest BCUT2D eigenvalue weighted by Gasteiger charge is 2.26. The third-order valence-corrected chi connectivity index (χ3v) is 4.24. The van der Waals surface area contributed by atoms with Crippen molar-refractivity contribution >= 4 is 5.91 Å². The van der Waals surface area contributed by atoms with E-state index in [2.05, 4.69) is 20.4 Å². The van der Waals surface area contributed by atoms with E-state index in [0.29, 0.717) is 12.4 Å². The van der Waals surface area contributed by atoms with Crippen molar-refractivity contribution in [3.8, 4) is 17.1 Å². The van der Waals surface area contributed by atoms with Gasteiger partial charge in [-0.3, -0.25) is 9.48 Å². The molecule has 4 rings (SSSR count). The van der Waals surface area contributed by atoms with E-state index in [1.54, 1.807) is 29.3 Å². The van der Waals surface area contributed by atoms with E-state index in [-0.39, 0.29) is 18.6 Å². The number of nitrogens with zero attached hydrogens (tertiary/aromatic N) is 4. The van der Waals surface area contributed by atoms with Gasteiger partial charge in [-0.2, -0.15) is 5.10 Å². The van der Waals surface area contributed by atoms with Gasteiger partial charge < -0.3 is 10.1 Å². The molecule has 7 heteroatoms. The molecule has 1 aromatic carbocycles. The van der Waals surface area contributed by atoms with E-state index in [9.17, 15) is 4.79 Å². The quantitative estimate of drug-likeness (QED) is 0.759. The molecule has 0 saturated heterocycles. The Morgan fingerprint density at radius 1 is 1.27 bits per heavy atom. The van der Waals surface area contributed by atoms with Gasteiger partial charge in [-0.1, -0.05) is 12.1 Å². The maximum absolute atomic E-state index is 12.1. The summed E-state index contributed by atoms with van der Waals surface area (Å²) in [6.07, 6.45) is 5.87. The Bertz CT molecular complexity index is 923. The number of amides is 1. The summed E-state index contributed by atoms with van der Waals surface area (Å²) >= 11 is 0. The number of carbonyl (C=O) groups excluding carboxylic acids is 1. The lowest BCUT2D eigenvalue weighted by atomic mass is 10.1. The number of aromatic nitrogens is 4. The topological polar surface area (TPSA) is 81.9 Å². The van der Waals surface area contributed by atoms with E-state index < -0.39 is 0 Å². The third-order valence-electron chi connectivity index (χ3n) is 4.24. The number of benzene rings is 1. The summed E-state index contributed by atoms with van der Waals surface area (Å²) in [4.78, 5) is 20.7. The standard InChI is InChI=1S/C19H19N5O2/c1-13-6-9-24(23-13)12-17(25)22-11-15-10-14-4-2-5-16(18(14)26-15)19-20-7-3-8-21-19/h2-9,15H,10-12H2,1H3,(H,22,25). The van der Waals surface area contributed by atoms with Gasteiger partial charge >= 0.3 is 0 Å². The highest BCUT2D eigenvalue weighted by molar-refractivity contribution is 5.75. The van der Waals surface area contributed by atoms with Crippen LogP contribution in [0.5, 0.6) is 5.75 Å². The van der Waals surface area contributed by atoms with Crippen LogP contribution in [0.4, 0.5) is 0 Å². The number of carbonyl (C=O) groups is 1. The van der Waals surface area contributed by atoms with Gasteiger partial charge in [-0.15, -0.1) is 0 Å². The summed E-state index contributed by atoms with van der Waals surface area (Å²) in [5.41, 5.74) is 2.88. The normalized spacial score (nSPS) is 15.3. The molecule has 7 nitrogen and oxygen atoms in total. The molecule has 0 spiro atoms. The Morgan fingerprint density at radius 3 is 2.88 bits per heavy atom. The molecule has 0 saturated carbocycles. The smallest absolute Gasteiger partial charge is 0.241 e. The molecular weight excluding hydrogens is 330 g/mol. The van der Waals surface area contributed by atoms with E-state index in [1.165, 1.54) is 0 Å². The minimum atomic E-state index is -0.0989. The fraction of sp³-hybridized carbons (Fsp3) is 0.263. The SMILES string of the molecule is Cc1ccn(CC(=O)NCC2Cc3cccc(-c4ncccn4)c3O2)n1. The lowest BCUT2D eigenvalue weighted by Gasteiger charge is -2.13. The van der Waals surface area contributed by atoms with Gasteiger partial charge in [0.25, 0.3) is 0 Å². The Kier molecular flexibility index (Phi) is 4.35. The van der Waals surface area contributed by atoms with Gasteiger partial charge in [0, 0.05) is 25.0 Å². The van der Waals surface area contributed by atoms with E-state index >= 15 is 0 Å². The van der Waals surface area contributed by atoms with E-state index in [1.807, 2.05) is 31.2 Å². The van der Waals surface area contributed by atoms with Crippen LogP contribution in [-0.2, 0) is 17.8 Å². The predicted octanol–water partition coefficient (Wildman–Crippen LogP) is 1.77. The van der Waals surface area contributed by atoms with Gasteiger partial charge in [-0.05, 0) is 30.7 Å². The predicted molar refractivity (Wildman–Crippen MR) is 95.6 cm³/mol. The lowest BCUT2D eigenvalue weighted by molar-refractivity contribution is -0.122. The molecule has 1 unspecified atom stereocenters. The highest BCUT2D eigenvalue weighted by atomic mass is 16.5. The number of para-hydroxylation sites is 1. The first-order valence-corrected chi connectivity index (χ1v) is 8.52. The zero-order valence-corrected chi connectivity index (χ0v) is 14.4. The molecule has 1 aliphatic rings. The molecule has 3 heterocycles. The second-order valence-electron chi connectivity index (χ2n) is 6.27. The summed E-state index contributed by atoms with van der Waals surface area (Å²) in [5.74, 6) is 1.36. The number of hydrogen-bond donors (Lipinski definition) is 1.